The molecule has 10 nitrogen and oxygen atoms in total. The van der Waals surface area contributed by atoms with Crippen LogP contribution < -0.4 is 25.3 Å². The highest BCUT2D eigenvalue weighted by molar-refractivity contribution is 6.06. The third kappa shape index (κ3) is 8.61. The largest absolute Gasteiger partial charge is 0.493 e. The molecule has 3 aromatic rings. The highest BCUT2D eigenvalue weighted by atomic mass is 16.6. The van der Waals surface area contributed by atoms with Gasteiger partial charge < -0.3 is 35.1 Å². The predicted molar refractivity (Wildman–Crippen MR) is 145 cm³/mol. The molecule has 0 bridgehead atoms. The van der Waals surface area contributed by atoms with E-state index < -0.39 is 23.9 Å². The molecule has 0 fully saturated rings. The Kier molecular flexibility index (Phi) is 10.5. The number of anilines is 1. The van der Waals surface area contributed by atoms with Gasteiger partial charge in [-0.2, -0.15) is 0 Å². The standard InChI is InChI=1S/C29H30N2O8/c1-36-25-13-9-20(18-26(25)37-2)10-14-27(32)31-24-6-4-3-5-22(24)29(35)39-16-15-38-21-11-7-19(8-12-21)17-23(30)28(33)34/h3-14,18,23H,15-17,30H2,1-2H3,(H,31,32)(H,33,34)/t23-/m0/s1. The number of rotatable bonds is 13. The quantitative estimate of drug-likeness (QED) is 0.170. The minimum absolute atomic E-state index is 0.0219. The smallest absolute Gasteiger partial charge is 0.340 e. The van der Waals surface area contributed by atoms with Gasteiger partial charge in [-0.05, 0) is 60.0 Å². The van der Waals surface area contributed by atoms with Crippen molar-refractivity contribution >= 4 is 29.6 Å². The molecule has 1 amide bonds. The van der Waals surface area contributed by atoms with Crippen LogP contribution >= 0.6 is 0 Å². The van der Waals surface area contributed by atoms with Gasteiger partial charge in [0.25, 0.3) is 0 Å². The molecule has 0 saturated heterocycles. The number of nitrogens with two attached hydrogens (primary N) is 1. The van der Waals surface area contributed by atoms with Crippen LogP contribution in [0.2, 0.25) is 0 Å². The maximum Gasteiger partial charge on any atom is 0.340 e. The van der Waals surface area contributed by atoms with Crippen molar-refractivity contribution in [2.75, 3.05) is 32.8 Å². The van der Waals surface area contributed by atoms with E-state index in [9.17, 15) is 14.4 Å². The zero-order valence-corrected chi connectivity index (χ0v) is 21.6. The molecular weight excluding hydrogens is 504 g/mol. The van der Waals surface area contributed by atoms with E-state index in [1.165, 1.54) is 13.2 Å². The van der Waals surface area contributed by atoms with E-state index in [4.69, 9.17) is 29.8 Å². The number of para-hydroxylation sites is 1. The van der Waals surface area contributed by atoms with Gasteiger partial charge in [0.05, 0.1) is 25.5 Å². The van der Waals surface area contributed by atoms with Crippen LogP contribution in [0.4, 0.5) is 5.69 Å². The van der Waals surface area contributed by atoms with Crippen molar-refractivity contribution in [3.63, 3.8) is 0 Å². The summed E-state index contributed by atoms with van der Waals surface area (Å²) in [5, 5.41) is 11.6. The number of carbonyl (C=O) groups is 3. The van der Waals surface area contributed by atoms with Gasteiger partial charge in [0, 0.05) is 6.08 Å². The second kappa shape index (κ2) is 14.2. The predicted octanol–water partition coefficient (Wildman–Crippen LogP) is 3.55. The molecule has 4 N–H and O–H groups in total. The zero-order valence-electron chi connectivity index (χ0n) is 21.6. The summed E-state index contributed by atoms with van der Waals surface area (Å²) in [7, 11) is 3.07. The summed E-state index contributed by atoms with van der Waals surface area (Å²) in [4.78, 5) is 36.0. The topological polar surface area (TPSA) is 146 Å². The second-order valence-electron chi connectivity index (χ2n) is 8.26. The number of carboxylic acids is 1. The monoisotopic (exact) mass is 534 g/mol. The van der Waals surface area contributed by atoms with E-state index in [1.807, 2.05) is 0 Å². The van der Waals surface area contributed by atoms with Crippen molar-refractivity contribution in [1.29, 1.82) is 0 Å². The minimum Gasteiger partial charge on any atom is -0.493 e. The molecule has 0 aromatic heterocycles. The van der Waals surface area contributed by atoms with Gasteiger partial charge in [-0.3, -0.25) is 9.59 Å². The minimum atomic E-state index is -1.07. The second-order valence-corrected chi connectivity index (χ2v) is 8.26. The first kappa shape index (κ1) is 28.7. The first-order valence-electron chi connectivity index (χ1n) is 12.0. The Labute approximate surface area is 225 Å². The van der Waals surface area contributed by atoms with Crippen molar-refractivity contribution in [1.82, 2.24) is 0 Å². The van der Waals surface area contributed by atoms with Crippen LogP contribution in [0.3, 0.4) is 0 Å². The maximum absolute atomic E-state index is 12.6. The molecule has 3 aromatic carbocycles. The summed E-state index contributed by atoms with van der Waals surface area (Å²) in [5.41, 5.74) is 7.54. The Hall–Kier alpha value is -4.83. The van der Waals surface area contributed by atoms with Gasteiger partial charge in [0.1, 0.15) is 25.0 Å². The number of carbonyl (C=O) groups excluding carboxylic acids is 2. The molecule has 0 aliphatic heterocycles. The first-order chi connectivity index (χ1) is 18.8. The van der Waals surface area contributed by atoms with E-state index in [2.05, 4.69) is 5.32 Å². The molecule has 0 radical (unpaired) electrons. The van der Waals surface area contributed by atoms with Crippen LogP contribution in [0.15, 0.2) is 72.8 Å². The average Bonchev–Trinajstić information content (AvgIpc) is 2.95. The third-order valence-electron chi connectivity index (χ3n) is 5.52. The number of hydrogen-bond donors (Lipinski definition) is 3. The van der Waals surface area contributed by atoms with Gasteiger partial charge in [-0.15, -0.1) is 0 Å². The van der Waals surface area contributed by atoms with Crippen LogP contribution in [-0.4, -0.2) is 56.4 Å². The lowest BCUT2D eigenvalue weighted by Gasteiger charge is -2.11. The molecule has 204 valence electrons. The Morgan fingerprint density at radius 2 is 1.67 bits per heavy atom. The number of methoxy groups -OCH3 is 2. The number of carboxylic acid groups (broad SMARTS) is 1. The number of amides is 1. The van der Waals surface area contributed by atoms with Crippen molar-refractivity contribution < 1.29 is 38.4 Å². The summed E-state index contributed by atoms with van der Waals surface area (Å²) in [5.74, 6) is -0.461. The number of esters is 1. The maximum atomic E-state index is 12.6. The molecule has 1 atom stereocenters. The molecule has 0 aliphatic rings. The fraction of sp³-hybridized carbons (Fsp3) is 0.207. The SMILES string of the molecule is COc1ccc(C=CC(=O)Nc2ccccc2C(=O)OCCOc2ccc(C[C@H](N)C(=O)O)cc2)cc1OC. The van der Waals surface area contributed by atoms with E-state index in [0.717, 1.165) is 11.1 Å². The molecule has 39 heavy (non-hydrogen) atoms. The van der Waals surface area contributed by atoms with Crippen LogP contribution in [0.25, 0.3) is 6.08 Å². The van der Waals surface area contributed by atoms with Crippen LogP contribution in [0.1, 0.15) is 21.5 Å². The van der Waals surface area contributed by atoms with Gasteiger partial charge in [-0.25, -0.2) is 4.79 Å². The third-order valence-corrected chi connectivity index (χ3v) is 5.52. The number of nitrogens with one attached hydrogen (secondary N) is 1. The highest BCUT2D eigenvalue weighted by Gasteiger charge is 2.14. The number of hydrogen-bond acceptors (Lipinski definition) is 8. The molecule has 3 rings (SSSR count). The summed E-state index contributed by atoms with van der Waals surface area (Å²) in [6.45, 7) is 0.0777. The summed E-state index contributed by atoms with van der Waals surface area (Å²) in [6, 6.07) is 17.6. The lowest BCUT2D eigenvalue weighted by atomic mass is 10.1. The fourth-order valence-electron chi connectivity index (χ4n) is 3.51. The first-order valence-corrected chi connectivity index (χ1v) is 12.0. The van der Waals surface area contributed by atoms with Gasteiger partial charge in [0.15, 0.2) is 11.5 Å². The summed E-state index contributed by atoms with van der Waals surface area (Å²) < 4.78 is 21.4. The number of benzene rings is 3. The molecule has 0 aliphatic carbocycles. The van der Waals surface area contributed by atoms with Gasteiger partial charge in [-0.1, -0.05) is 30.3 Å². The lowest BCUT2D eigenvalue weighted by Crippen LogP contribution is -2.32. The van der Waals surface area contributed by atoms with Gasteiger partial charge >= 0.3 is 11.9 Å². The normalized spacial score (nSPS) is 11.5. The van der Waals surface area contributed by atoms with Crippen molar-refractivity contribution in [2.24, 2.45) is 5.73 Å². The van der Waals surface area contributed by atoms with Gasteiger partial charge in [0.2, 0.25) is 5.91 Å². The number of ether oxygens (including phenoxy) is 4. The summed E-state index contributed by atoms with van der Waals surface area (Å²) in [6.07, 6.45) is 3.16. The van der Waals surface area contributed by atoms with E-state index in [-0.39, 0.29) is 25.2 Å². The zero-order chi connectivity index (χ0) is 28.2. The highest BCUT2D eigenvalue weighted by Crippen LogP contribution is 2.28. The molecule has 0 unspecified atom stereocenters. The fourth-order valence-corrected chi connectivity index (χ4v) is 3.51. The van der Waals surface area contributed by atoms with E-state index >= 15 is 0 Å². The molecular formula is C29H30N2O8. The van der Waals surface area contributed by atoms with E-state index in [0.29, 0.717) is 22.9 Å². The van der Waals surface area contributed by atoms with Crippen molar-refractivity contribution in [2.45, 2.75) is 12.5 Å². The van der Waals surface area contributed by atoms with Crippen LogP contribution in [0.5, 0.6) is 17.2 Å². The number of aliphatic carboxylic acids is 1. The Bertz CT molecular complexity index is 1320. The Balaban J connectivity index is 1.51. The van der Waals surface area contributed by atoms with Crippen molar-refractivity contribution in [3.8, 4) is 17.2 Å². The van der Waals surface area contributed by atoms with Crippen LogP contribution in [-0.2, 0) is 20.7 Å². The molecule has 0 heterocycles. The Morgan fingerprint density at radius 3 is 2.36 bits per heavy atom. The van der Waals surface area contributed by atoms with E-state index in [1.54, 1.807) is 79.9 Å². The Morgan fingerprint density at radius 1 is 0.949 bits per heavy atom. The lowest BCUT2D eigenvalue weighted by molar-refractivity contribution is -0.138. The summed E-state index contributed by atoms with van der Waals surface area (Å²) >= 11 is 0. The average molecular weight is 535 g/mol. The van der Waals surface area contributed by atoms with Crippen molar-refractivity contribution in [3.05, 3.63) is 89.5 Å². The molecule has 10 heteroatoms. The molecule has 0 saturated carbocycles. The van der Waals surface area contributed by atoms with Crippen LogP contribution in [0, 0.1) is 0 Å². The molecule has 0 spiro atoms.